The standard InChI is InChI=1S/C13H10F2N2O/c1-8-3-2-4-12(16-8)17-13(18)10-6-5-9(14)7-11(10)15/h2-7H,1H3,(H,16,17,18). The van der Waals surface area contributed by atoms with Crippen LogP contribution in [0.2, 0.25) is 0 Å². The first-order valence-electron chi connectivity index (χ1n) is 5.26. The quantitative estimate of drug-likeness (QED) is 0.887. The van der Waals surface area contributed by atoms with E-state index in [9.17, 15) is 13.6 Å². The van der Waals surface area contributed by atoms with Crippen molar-refractivity contribution in [1.82, 2.24) is 4.98 Å². The Hall–Kier alpha value is -2.30. The minimum atomic E-state index is -0.903. The fourth-order valence-electron chi connectivity index (χ4n) is 1.47. The maximum absolute atomic E-state index is 13.4. The number of halogens is 2. The van der Waals surface area contributed by atoms with Gasteiger partial charge in [-0.1, -0.05) is 6.07 Å². The summed E-state index contributed by atoms with van der Waals surface area (Å²) in [6.07, 6.45) is 0. The second-order valence-electron chi connectivity index (χ2n) is 3.74. The maximum Gasteiger partial charge on any atom is 0.259 e. The van der Waals surface area contributed by atoms with Crippen LogP contribution in [0.3, 0.4) is 0 Å². The van der Waals surface area contributed by atoms with Gasteiger partial charge >= 0.3 is 0 Å². The molecule has 0 radical (unpaired) electrons. The highest BCUT2D eigenvalue weighted by Gasteiger charge is 2.12. The number of carbonyl (C=O) groups excluding carboxylic acids is 1. The molecule has 0 aliphatic heterocycles. The summed E-state index contributed by atoms with van der Waals surface area (Å²) >= 11 is 0. The van der Waals surface area contributed by atoms with Crippen LogP contribution in [0.15, 0.2) is 36.4 Å². The summed E-state index contributed by atoms with van der Waals surface area (Å²) in [4.78, 5) is 15.8. The predicted molar refractivity (Wildman–Crippen MR) is 63.3 cm³/mol. The van der Waals surface area contributed by atoms with Gasteiger partial charge in [0.1, 0.15) is 17.5 Å². The molecule has 0 aliphatic carbocycles. The number of amides is 1. The third kappa shape index (κ3) is 2.68. The van der Waals surface area contributed by atoms with E-state index in [0.29, 0.717) is 11.9 Å². The Morgan fingerprint density at radius 3 is 2.67 bits per heavy atom. The molecule has 0 fully saturated rings. The summed E-state index contributed by atoms with van der Waals surface area (Å²) in [6.45, 7) is 1.77. The van der Waals surface area contributed by atoms with Gasteiger partial charge in [-0.25, -0.2) is 13.8 Å². The van der Waals surface area contributed by atoms with Crippen LogP contribution < -0.4 is 5.32 Å². The first kappa shape index (κ1) is 12.2. The lowest BCUT2D eigenvalue weighted by Crippen LogP contribution is -2.15. The van der Waals surface area contributed by atoms with Crippen LogP contribution in [0, 0.1) is 18.6 Å². The number of anilines is 1. The molecule has 1 heterocycles. The van der Waals surface area contributed by atoms with Crippen LogP contribution in [0.25, 0.3) is 0 Å². The Morgan fingerprint density at radius 2 is 2.00 bits per heavy atom. The molecule has 1 amide bonds. The molecule has 0 bridgehead atoms. The number of carbonyl (C=O) groups is 1. The SMILES string of the molecule is Cc1cccc(NC(=O)c2ccc(F)cc2F)n1. The maximum atomic E-state index is 13.4. The van der Waals surface area contributed by atoms with Crippen molar-refractivity contribution in [2.24, 2.45) is 0 Å². The van der Waals surface area contributed by atoms with Gasteiger partial charge in [-0.3, -0.25) is 4.79 Å². The van der Waals surface area contributed by atoms with E-state index in [4.69, 9.17) is 0 Å². The zero-order valence-corrected chi connectivity index (χ0v) is 9.58. The molecule has 1 aromatic heterocycles. The summed E-state index contributed by atoms with van der Waals surface area (Å²) in [7, 11) is 0. The van der Waals surface area contributed by atoms with Crippen molar-refractivity contribution in [2.75, 3.05) is 5.32 Å². The number of pyridine rings is 1. The summed E-state index contributed by atoms with van der Waals surface area (Å²) in [5.74, 6) is -1.97. The van der Waals surface area contributed by atoms with Crippen LogP contribution in [0.4, 0.5) is 14.6 Å². The lowest BCUT2D eigenvalue weighted by molar-refractivity contribution is 0.102. The van der Waals surface area contributed by atoms with E-state index in [1.807, 2.05) is 0 Å². The van der Waals surface area contributed by atoms with E-state index in [0.717, 1.165) is 17.8 Å². The van der Waals surface area contributed by atoms with Crippen LogP contribution >= 0.6 is 0 Å². The Labute approximate surface area is 102 Å². The van der Waals surface area contributed by atoms with Crippen molar-refractivity contribution < 1.29 is 13.6 Å². The smallest absolute Gasteiger partial charge is 0.259 e. The van der Waals surface area contributed by atoms with Crippen LogP contribution in [0.5, 0.6) is 0 Å². The largest absolute Gasteiger partial charge is 0.306 e. The number of hydrogen-bond donors (Lipinski definition) is 1. The highest BCUT2D eigenvalue weighted by molar-refractivity contribution is 6.03. The number of hydrogen-bond acceptors (Lipinski definition) is 2. The van der Waals surface area contributed by atoms with Crippen LogP contribution in [-0.4, -0.2) is 10.9 Å². The molecule has 0 atom stereocenters. The van der Waals surface area contributed by atoms with Gasteiger partial charge in [-0.2, -0.15) is 0 Å². The average molecular weight is 248 g/mol. The zero-order valence-electron chi connectivity index (χ0n) is 9.58. The number of benzene rings is 1. The van der Waals surface area contributed by atoms with Gasteiger partial charge in [0.2, 0.25) is 0 Å². The molecule has 0 unspecified atom stereocenters. The topological polar surface area (TPSA) is 42.0 Å². The number of aryl methyl sites for hydroxylation is 1. The van der Waals surface area contributed by atoms with E-state index >= 15 is 0 Å². The monoisotopic (exact) mass is 248 g/mol. The molecule has 0 aliphatic rings. The van der Waals surface area contributed by atoms with Crippen molar-refractivity contribution in [2.45, 2.75) is 6.92 Å². The van der Waals surface area contributed by atoms with Gasteiger partial charge in [0.05, 0.1) is 5.56 Å². The van der Waals surface area contributed by atoms with Gasteiger partial charge in [-0.15, -0.1) is 0 Å². The van der Waals surface area contributed by atoms with Crippen molar-refractivity contribution in [1.29, 1.82) is 0 Å². The molecule has 2 aromatic rings. The molecule has 2 rings (SSSR count). The molecule has 3 nitrogen and oxygen atoms in total. The zero-order chi connectivity index (χ0) is 13.1. The molecule has 0 saturated heterocycles. The van der Waals surface area contributed by atoms with Gasteiger partial charge in [0, 0.05) is 11.8 Å². The lowest BCUT2D eigenvalue weighted by atomic mass is 10.2. The molecule has 18 heavy (non-hydrogen) atoms. The first-order chi connectivity index (χ1) is 8.56. The second-order valence-corrected chi connectivity index (χ2v) is 3.74. The summed E-state index contributed by atoms with van der Waals surface area (Å²) in [6, 6.07) is 7.87. The van der Waals surface area contributed by atoms with E-state index < -0.39 is 17.5 Å². The molecule has 0 spiro atoms. The Morgan fingerprint density at radius 1 is 1.22 bits per heavy atom. The van der Waals surface area contributed by atoms with E-state index in [2.05, 4.69) is 10.3 Å². The highest BCUT2D eigenvalue weighted by Crippen LogP contribution is 2.12. The van der Waals surface area contributed by atoms with Gasteiger partial charge in [0.25, 0.3) is 5.91 Å². The number of aromatic nitrogens is 1. The van der Waals surface area contributed by atoms with Gasteiger partial charge < -0.3 is 5.32 Å². The minimum Gasteiger partial charge on any atom is -0.306 e. The third-order valence-electron chi connectivity index (χ3n) is 2.31. The normalized spacial score (nSPS) is 10.2. The Bertz CT molecular complexity index is 599. The third-order valence-corrected chi connectivity index (χ3v) is 2.31. The van der Waals surface area contributed by atoms with Gasteiger partial charge in [-0.05, 0) is 31.2 Å². The van der Waals surface area contributed by atoms with Crippen LogP contribution in [-0.2, 0) is 0 Å². The molecular weight excluding hydrogens is 238 g/mol. The Kier molecular flexibility index (Phi) is 3.32. The van der Waals surface area contributed by atoms with Crippen molar-refractivity contribution in [3.05, 3.63) is 59.3 Å². The van der Waals surface area contributed by atoms with Gasteiger partial charge in [0.15, 0.2) is 0 Å². The molecular formula is C13H10F2N2O. The van der Waals surface area contributed by atoms with Crippen molar-refractivity contribution in [3.63, 3.8) is 0 Å². The number of nitrogens with zero attached hydrogens (tertiary/aromatic N) is 1. The summed E-state index contributed by atoms with van der Waals surface area (Å²) < 4.78 is 26.1. The predicted octanol–water partition coefficient (Wildman–Crippen LogP) is 2.92. The molecule has 0 saturated carbocycles. The highest BCUT2D eigenvalue weighted by atomic mass is 19.1. The lowest BCUT2D eigenvalue weighted by Gasteiger charge is -2.05. The second kappa shape index (κ2) is 4.91. The summed E-state index contributed by atoms with van der Waals surface area (Å²) in [5.41, 5.74) is 0.507. The fourth-order valence-corrected chi connectivity index (χ4v) is 1.47. The molecule has 1 N–H and O–H groups in total. The molecule has 1 aromatic carbocycles. The molecule has 5 heteroatoms. The fraction of sp³-hybridized carbons (Fsp3) is 0.0769. The first-order valence-corrected chi connectivity index (χ1v) is 5.26. The number of rotatable bonds is 2. The van der Waals surface area contributed by atoms with E-state index in [1.54, 1.807) is 25.1 Å². The Balaban J connectivity index is 2.22. The van der Waals surface area contributed by atoms with Crippen molar-refractivity contribution in [3.8, 4) is 0 Å². The number of nitrogens with one attached hydrogen (secondary N) is 1. The summed E-state index contributed by atoms with van der Waals surface area (Å²) in [5, 5.41) is 2.45. The van der Waals surface area contributed by atoms with E-state index in [1.165, 1.54) is 0 Å². The minimum absolute atomic E-state index is 0.222. The van der Waals surface area contributed by atoms with Crippen molar-refractivity contribution >= 4 is 11.7 Å². The van der Waals surface area contributed by atoms with E-state index in [-0.39, 0.29) is 5.56 Å². The van der Waals surface area contributed by atoms with Crippen LogP contribution in [0.1, 0.15) is 16.1 Å². The average Bonchev–Trinajstić information content (AvgIpc) is 2.28. The molecule has 92 valence electrons.